The van der Waals surface area contributed by atoms with Gasteiger partial charge in [0.2, 0.25) is 0 Å². The lowest BCUT2D eigenvalue weighted by Crippen LogP contribution is -2.43. The Hall–Kier alpha value is -2.93. The average Bonchev–Trinajstić information content (AvgIpc) is 3.54. The minimum atomic E-state index is -0.862. The second-order valence-electron chi connectivity index (χ2n) is 9.27. The summed E-state index contributed by atoms with van der Waals surface area (Å²) in [5.74, 6) is 0.519. The Kier molecular flexibility index (Phi) is 6.55. The van der Waals surface area contributed by atoms with Crippen LogP contribution >= 0.6 is 11.3 Å². The molecule has 0 saturated carbocycles. The van der Waals surface area contributed by atoms with E-state index in [1.165, 1.54) is 5.56 Å². The number of benzene rings is 2. The molecule has 1 amide bonds. The van der Waals surface area contributed by atoms with E-state index in [-0.39, 0.29) is 5.91 Å². The van der Waals surface area contributed by atoms with E-state index < -0.39 is 5.60 Å². The lowest BCUT2D eigenvalue weighted by Gasteiger charge is -2.39. The average molecular weight is 475 g/mol. The van der Waals surface area contributed by atoms with Gasteiger partial charge in [-0.15, -0.1) is 11.3 Å². The van der Waals surface area contributed by atoms with Crippen molar-refractivity contribution in [3.05, 3.63) is 93.9 Å². The van der Waals surface area contributed by atoms with Gasteiger partial charge in [-0.2, -0.15) is 0 Å². The number of nitrogens with one attached hydrogen (secondary N) is 1. The van der Waals surface area contributed by atoms with Crippen LogP contribution in [-0.2, 0) is 12.1 Å². The van der Waals surface area contributed by atoms with E-state index in [0.29, 0.717) is 36.6 Å². The molecule has 5 rings (SSSR count). The van der Waals surface area contributed by atoms with Gasteiger partial charge in [0.1, 0.15) is 5.58 Å². The fourth-order valence-electron chi connectivity index (χ4n) is 4.78. The lowest BCUT2D eigenvalue weighted by atomic mass is 9.83. The van der Waals surface area contributed by atoms with Gasteiger partial charge in [0.05, 0.1) is 12.1 Å². The van der Waals surface area contributed by atoms with Crippen molar-refractivity contribution in [2.24, 2.45) is 0 Å². The van der Waals surface area contributed by atoms with Gasteiger partial charge in [0, 0.05) is 29.9 Å². The molecule has 0 bridgehead atoms. The number of hydrogen-bond donors (Lipinski definition) is 2. The number of likely N-dealkylation sites (tertiary alicyclic amines) is 1. The molecule has 0 spiro atoms. The first-order valence-corrected chi connectivity index (χ1v) is 12.7. The van der Waals surface area contributed by atoms with Crippen molar-refractivity contribution in [2.45, 2.75) is 37.8 Å². The summed E-state index contributed by atoms with van der Waals surface area (Å²) in [5, 5.41) is 17.2. The number of rotatable bonds is 7. The second kappa shape index (κ2) is 9.74. The van der Waals surface area contributed by atoms with Crippen LogP contribution < -0.4 is 5.32 Å². The molecule has 5 nitrogen and oxygen atoms in total. The number of amides is 1. The number of piperidine rings is 1. The summed E-state index contributed by atoms with van der Waals surface area (Å²) in [7, 11) is 0. The van der Waals surface area contributed by atoms with Gasteiger partial charge in [0.25, 0.3) is 5.91 Å². The molecule has 1 aliphatic rings. The van der Waals surface area contributed by atoms with Gasteiger partial charge in [-0.25, -0.2) is 0 Å². The number of aliphatic hydroxyl groups is 1. The molecular weight excluding hydrogens is 444 g/mol. The van der Waals surface area contributed by atoms with E-state index >= 15 is 0 Å². The predicted molar refractivity (Wildman–Crippen MR) is 136 cm³/mol. The largest absolute Gasteiger partial charge is 0.451 e. The molecule has 3 heterocycles. The molecule has 2 N–H and O–H groups in total. The monoisotopic (exact) mass is 474 g/mol. The van der Waals surface area contributed by atoms with Crippen LogP contribution in [0.2, 0.25) is 0 Å². The van der Waals surface area contributed by atoms with E-state index in [9.17, 15) is 9.90 Å². The van der Waals surface area contributed by atoms with Crippen LogP contribution in [0, 0.1) is 0 Å². The third-order valence-corrected chi connectivity index (χ3v) is 7.74. The Bertz CT molecular complexity index is 1240. The van der Waals surface area contributed by atoms with Crippen molar-refractivity contribution in [1.29, 1.82) is 0 Å². The van der Waals surface area contributed by atoms with Gasteiger partial charge in [-0.05, 0) is 59.5 Å². The second-order valence-corrected chi connectivity index (χ2v) is 10.3. The highest BCUT2D eigenvalue weighted by atomic mass is 32.1. The molecule has 1 aliphatic heterocycles. The van der Waals surface area contributed by atoms with Crippen molar-refractivity contribution < 1.29 is 14.3 Å². The third-order valence-electron chi connectivity index (χ3n) is 6.86. The number of furan rings is 1. The molecule has 4 aromatic rings. The third kappa shape index (κ3) is 4.94. The summed E-state index contributed by atoms with van der Waals surface area (Å²) in [5.41, 5.74) is 2.04. The highest BCUT2D eigenvalue weighted by molar-refractivity contribution is 7.09. The molecule has 34 heavy (non-hydrogen) atoms. The number of fused-ring (bicyclic) bond motifs is 1. The van der Waals surface area contributed by atoms with Gasteiger partial charge in [0.15, 0.2) is 5.76 Å². The van der Waals surface area contributed by atoms with Gasteiger partial charge in [-0.3, -0.25) is 4.79 Å². The Labute approximate surface area is 204 Å². The zero-order chi connectivity index (χ0) is 23.5. The topological polar surface area (TPSA) is 65.7 Å². The predicted octanol–water partition coefficient (Wildman–Crippen LogP) is 5.51. The first kappa shape index (κ1) is 22.8. The first-order valence-electron chi connectivity index (χ1n) is 11.8. The summed E-state index contributed by atoms with van der Waals surface area (Å²) in [4.78, 5) is 16.1. The maximum Gasteiger partial charge on any atom is 0.287 e. The molecule has 6 heteroatoms. The van der Waals surface area contributed by atoms with E-state index in [1.807, 2.05) is 35.7 Å². The van der Waals surface area contributed by atoms with E-state index in [0.717, 1.165) is 35.5 Å². The zero-order valence-corrected chi connectivity index (χ0v) is 20.2. The van der Waals surface area contributed by atoms with Crippen LogP contribution in [0.15, 0.2) is 76.5 Å². The molecule has 1 atom stereocenters. The number of carbonyl (C=O) groups excluding carboxylic acids is 1. The highest BCUT2D eigenvalue weighted by Gasteiger charge is 2.34. The Morgan fingerprint density at radius 2 is 1.91 bits per heavy atom. The van der Waals surface area contributed by atoms with Gasteiger partial charge < -0.3 is 19.7 Å². The normalized spacial score (nSPS) is 17.0. The molecule has 2 aromatic carbocycles. The Morgan fingerprint density at radius 1 is 1.12 bits per heavy atom. The fourth-order valence-corrected chi connectivity index (χ4v) is 5.43. The van der Waals surface area contributed by atoms with Crippen molar-refractivity contribution >= 4 is 28.2 Å². The number of carbonyl (C=O) groups is 1. The number of hydrogen-bond acceptors (Lipinski definition) is 5. The van der Waals surface area contributed by atoms with Gasteiger partial charge >= 0.3 is 0 Å². The van der Waals surface area contributed by atoms with Crippen LogP contribution in [0.3, 0.4) is 0 Å². The molecule has 1 unspecified atom stereocenters. The molecule has 1 fully saturated rings. The number of nitrogens with zero attached hydrogens (tertiary/aromatic N) is 1. The number of thiophene rings is 1. The van der Waals surface area contributed by atoms with Crippen molar-refractivity contribution in [1.82, 2.24) is 10.2 Å². The van der Waals surface area contributed by atoms with Crippen LogP contribution in [0.25, 0.3) is 11.0 Å². The maximum atomic E-state index is 12.5. The SMILES string of the molecule is CC(CN1CCC(O)(c2ccc3oc(C(=O)NCc4cccs4)cc3c2)CC1)c1ccccc1. The summed E-state index contributed by atoms with van der Waals surface area (Å²) >= 11 is 1.61. The fraction of sp³-hybridized carbons (Fsp3) is 0.321. The van der Waals surface area contributed by atoms with Crippen molar-refractivity contribution in [2.75, 3.05) is 19.6 Å². The Balaban J connectivity index is 1.23. The zero-order valence-electron chi connectivity index (χ0n) is 19.4. The van der Waals surface area contributed by atoms with Crippen LogP contribution in [0.1, 0.15) is 52.2 Å². The summed E-state index contributed by atoms with van der Waals surface area (Å²) in [6.45, 7) is 5.45. The Morgan fingerprint density at radius 3 is 2.65 bits per heavy atom. The standard InChI is InChI=1S/C28H30N2O3S/c1-20(21-6-3-2-4-7-21)19-30-13-11-28(32,12-14-30)23-9-10-25-22(16-23)17-26(33-25)27(31)29-18-24-8-5-15-34-24/h2-10,15-17,20,32H,11-14,18-19H2,1H3,(H,29,31). The smallest absolute Gasteiger partial charge is 0.287 e. The van der Waals surface area contributed by atoms with Crippen molar-refractivity contribution in [3.63, 3.8) is 0 Å². The van der Waals surface area contributed by atoms with E-state index in [2.05, 4.69) is 47.5 Å². The van der Waals surface area contributed by atoms with Gasteiger partial charge in [-0.1, -0.05) is 49.4 Å². The van der Waals surface area contributed by atoms with Crippen LogP contribution in [0.5, 0.6) is 0 Å². The lowest BCUT2D eigenvalue weighted by molar-refractivity contribution is -0.0266. The summed E-state index contributed by atoms with van der Waals surface area (Å²) in [6.07, 6.45) is 1.37. The van der Waals surface area contributed by atoms with E-state index in [4.69, 9.17) is 4.42 Å². The molecule has 176 valence electrons. The molecule has 1 saturated heterocycles. The molecular formula is C28H30N2O3S. The molecule has 0 aliphatic carbocycles. The minimum Gasteiger partial charge on any atom is -0.451 e. The quantitative estimate of drug-likeness (QED) is 0.371. The molecule has 0 radical (unpaired) electrons. The molecule has 2 aromatic heterocycles. The summed E-state index contributed by atoms with van der Waals surface area (Å²) in [6, 6.07) is 22.1. The summed E-state index contributed by atoms with van der Waals surface area (Å²) < 4.78 is 5.78. The van der Waals surface area contributed by atoms with Crippen LogP contribution in [-0.4, -0.2) is 35.5 Å². The minimum absolute atomic E-state index is 0.231. The van der Waals surface area contributed by atoms with E-state index in [1.54, 1.807) is 17.4 Å². The highest BCUT2D eigenvalue weighted by Crippen LogP contribution is 2.35. The van der Waals surface area contributed by atoms with Crippen LogP contribution in [0.4, 0.5) is 0 Å². The van der Waals surface area contributed by atoms with Crippen molar-refractivity contribution in [3.8, 4) is 0 Å². The maximum absolute atomic E-state index is 12.5. The first-order chi connectivity index (χ1) is 16.5.